The van der Waals surface area contributed by atoms with Crippen molar-refractivity contribution in [3.63, 3.8) is 0 Å². The molecule has 7 unspecified atom stereocenters. The van der Waals surface area contributed by atoms with Crippen molar-refractivity contribution in [2.45, 2.75) is 224 Å². The molecule has 1 saturated heterocycles. The lowest BCUT2D eigenvalue weighted by Gasteiger charge is -2.40. The largest absolute Gasteiger partial charge is 0.466 e. The first-order valence-electron chi connectivity index (χ1n) is 23.4. The lowest BCUT2D eigenvalue weighted by atomic mass is 9.99. The van der Waals surface area contributed by atoms with Crippen LogP contribution in [0.4, 0.5) is 0 Å². The number of carbonyl (C=O) groups is 2. The summed E-state index contributed by atoms with van der Waals surface area (Å²) in [6, 6.07) is -0.853. The molecule has 342 valence electrons. The topological polar surface area (TPSA) is 175 Å². The van der Waals surface area contributed by atoms with Crippen LogP contribution in [0.25, 0.3) is 0 Å². The molecule has 59 heavy (non-hydrogen) atoms. The van der Waals surface area contributed by atoms with Crippen LogP contribution in [0.1, 0.15) is 181 Å². The standard InChI is InChI=1S/C48H85NO10/c1-3-5-7-9-11-13-15-20-24-28-32-36-44(53)57-37-33-29-25-21-17-14-16-19-23-27-31-35-43(52)49-40(41(51)34-30-26-22-18-12-10-8-6-4-2)39-58-48-47(56)46(55)45(54)42(38-50)59-48/h4,6,12,17-18,21,30,34,40-42,45-48,50-51,54-56H,3,5,7-11,13-16,19-20,22-29,31-33,35-39H2,1-2H3,(H,49,52)/b6-4+,18-12+,21-17-,34-30+. The molecule has 11 nitrogen and oxygen atoms in total. The van der Waals surface area contributed by atoms with Gasteiger partial charge >= 0.3 is 5.97 Å². The van der Waals surface area contributed by atoms with Crippen LogP contribution >= 0.6 is 0 Å². The Morgan fingerprint density at radius 1 is 0.644 bits per heavy atom. The van der Waals surface area contributed by atoms with Crippen LogP contribution in [0.15, 0.2) is 48.6 Å². The van der Waals surface area contributed by atoms with Gasteiger partial charge in [0.1, 0.15) is 24.4 Å². The lowest BCUT2D eigenvalue weighted by molar-refractivity contribution is -0.302. The summed E-state index contributed by atoms with van der Waals surface area (Å²) in [5.74, 6) is -0.292. The van der Waals surface area contributed by atoms with E-state index >= 15 is 0 Å². The summed E-state index contributed by atoms with van der Waals surface area (Å²) in [6.45, 7) is 3.94. The zero-order valence-electron chi connectivity index (χ0n) is 36.9. The maximum atomic E-state index is 12.9. The van der Waals surface area contributed by atoms with E-state index in [2.05, 4.69) is 42.6 Å². The highest BCUT2D eigenvalue weighted by atomic mass is 16.7. The van der Waals surface area contributed by atoms with Gasteiger partial charge in [0.15, 0.2) is 6.29 Å². The van der Waals surface area contributed by atoms with E-state index in [0.717, 1.165) is 83.5 Å². The van der Waals surface area contributed by atoms with E-state index < -0.39 is 49.5 Å². The van der Waals surface area contributed by atoms with Crippen LogP contribution in [0.3, 0.4) is 0 Å². The number of allylic oxidation sites excluding steroid dienone is 7. The van der Waals surface area contributed by atoms with E-state index in [9.17, 15) is 35.1 Å². The molecule has 0 aromatic carbocycles. The van der Waals surface area contributed by atoms with Crippen molar-refractivity contribution < 1.29 is 49.3 Å². The van der Waals surface area contributed by atoms with Crippen molar-refractivity contribution in [1.29, 1.82) is 0 Å². The van der Waals surface area contributed by atoms with Gasteiger partial charge in [0.2, 0.25) is 5.91 Å². The monoisotopic (exact) mass is 836 g/mol. The molecule has 0 spiro atoms. The number of amides is 1. The lowest BCUT2D eigenvalue weighted by Crippen LogP contribution is -2.60. The first-order chi connectivity index (χ1) is 28.7. The SMILES string of the molecule is C/C=C/CC/C=C/CC/C=C/C(O)C(COC1OC(CO)C(O)C(O)C1O)NC(=O)CCCCCCC/C=C\CCCCOC(=O)CCCCCCCCCCCCC. The van der Waals surface area contributed by atoms with Crippen molar-refractivity contribution in [2.24, 2.45) is 0 Å². The van der Waals surface area contributed by atoms with Crippen molar-refractivity contribution >= 4 is 11.9 Å². The van der Waals surface area contributed by atoms with Gasteiger partial charge in [-0.1, -0.05) is 139 Å². The van der Waals surface area contributed by atoms with Gasteiger partial charge in [-0.2, -0.15) is 0 Å². The predicted molar refractivity (Wildman–Crippen MR) is 237 cm³/mol. The number of hydrogen-bond acceptors (Lipinski definition) is 10. The summed E-state index contributed by atoms with van der Waals surface area (Å²) < 4.78 is 16.5. The number of ether oxygens (including phenoxy) is 3. The van der Waals surface area contributed by atoms with Gasteiger partial charge in [-0.15, -0.1) is 0 Å². The highest BCUT2D eigenvalue weighted by Crippen LogP contribution is 2.22. The second kappa shape index (κ2) is 38.5. The number of aliphatic hydroxyl groups excluding tert-OH is 5. The molecule has 7 atom stereocenters. The van der Waals surface area contributed by atoms with Crippen molar-refractivity contribution in [1.82, 2.24) is 5.32 Å². The van der Waals surface area contributed by atoms with Gasteiger partial charge in [0.25, 0.3) is 0 Å². The first-order valence-corrected chi connectivity index (χ1v) is 23.4. The van der Waals surface area contributed by atoms with E-state index in [4.69, 9.17) is 14.2 Å². The maximum absolute atomic E-state index is 12.9. The number of esters is 1. The van der Waals surface area contributed by atoms with E-state index in [1.807, 2.05) is 19.1 Å². The minimum Gasteiger partial charge on any atom is -0.466 e. The Hall–Kier alpha value is -2.38. The number of hydrogen-bond donors (Lipinski definition) is 6. The minimum atomic E-state index is -1.59. The molecule has 1 aliphatic heterocycles. The smallest absolute Gasteiger partial charge is 0.305 e. The van der Waals surface area contributed by atoms with E-state index in [1.165, 1.54) is 57.8 Å². The molecule has 11 heteroatoms. The Labute approximate surface area is 357 Å². The summed E-state index contributed by atoms with van der Waals surface area (Å²) in [4.78, 5) is 24.9. The van der Waals surface area contributed by atoms with Crippen molar-refractivity contribution in [2.75, 3.05) is 19.8 Å². The predicted octanol–water partition coefficient (Wildman–Crippen LogP) is 8.60. The summed E-state index contributed by atoms with van der Waals surface area (Å²) >= 11 is 0. The summed E-state index contributed by atoms with van der Waals surface area (Å²) in [7, 11) is 0. The third kappa shape index (κ3) is 29.5. The van der Waals surface area contributed by atoms with Gasteiger partial charge in [0, 0.05) is 12.8 Å². The van der Waals surface area contributed by atoms with E-state index in [0.29, 0.717) is 32.3 Å². The molecular formula is C48H85NO10. The normalized spacial score (nSPS) is 21.0. The average molecular weight is 836 g/mol. The highest BCUT2D eigenvalue weighted by molar-refractivity contribution is 5.76. The number of rotatable bonds is 38. The Morgan fingerprint density at radius 2 is 1.17 bits per heavy atom. The van der Waals surface area contributed by atoms with E-state index in [-0.39, 0.29) is 18.5 Å². The molecular weight excluding hydrogens is 751 g/mol. The van der Waals surface area contributed by atoms with Crippen LogP contribution < -0.4 is 5.32 Å². The van der Waals surface area contributed by atoms with Crippen LogP contribution in [0, 0.1) is 0 Å². The Balaban J connectivity index is 2.23. The molecule has 1 aliphatic rings. The Morgan fingerprint density at radius 3 is 1.78 bits per heavy atom. The summed E-state index contributed by atoms with van der Waals surface area (Å²) in [5.41, 5.74) is 0. The summed E-state index contributed by atoms with van der Waals surface area (Å²) in [5, 5.41) is 53.9. The molecule has 6 N–H and O–H groups in total. The van der Waals surface area contributed by atoms with E-state index in [1.54, 1.807) is 6.08 Å². The third-order valence-corrected chi connectivity index (χ3v) is 10.7. The average Bonchev–Trinajstić information content (AvgIpc) is 3.23. The maximum Gasteiger partial charge on any atom is 0.305 e. The second-order valence-corrected chi connectivity index (χ2v) is 16.1. The molecule has 1 rings (SSSR count). The molecule has 1 heterocycles. The molecule has 0 aromatic heterocycles. The number of unbranched alkanes of at least 4 members (excludes halogenated alkanes) is 19. The Bertz CT molecular complexity index is 1130. The van der Waals surface area contributed by atoms with Gasteiger partial charge < -0.3 is 45.1 Å². The zero-order valence-corrected chi connectivity index (χ0v) is 36.9. The minimum absolute atomic E-state index is 0.0614. The van der Waals surface area contributed by atoms with Gasteiger partial charge in [0.05, 0.1) is 32.0 Å². The van der Waals surface area contributed by atoms with Crippen LogP contribution in [0.2, 0.25) is 0 Å². The Kier molecular flexibility index (Phi) is 35.7. The third-order valence-electron chi connectivity index (χ3n) is 10.7. The van der Waals surface area contributed by atoms with Crippen LogP contribution in [-0.2, 0) is 23.8 Å². The fourth-order valence-electron chi connectivity index (χ4n) is 6.94. The highest BCUT2D eigenvalue weighted by Gasteiger charge is 2.44. The summed E-state index contributed by atoms with van der Waals surface area (Å²) in [6.07, 6.45) is 35.0. The fourth-order valence-corrected chi connectivity index (χ4v) is 6.94. The molecule has 0 aromatic rings. The van der Waals surface area contributed by atoms with Gasteiger partial charge in [-0.05, 0) is 77.6 Å². The van der Waals surface area contributed by atoms with Gasteiger partial charge in [-0.25, -0.2) is 0 Å². The first kappa shape index (κ1) is 54.6. The van der Waals surface area contributed by atoms with Crippen molar-refractivity contribution in [3.8, 4) is 0 Å². The van der Waals surface area contributed by atoms with Crippen LogP contribution in [0.5, 0.6) is 0 Å². The van der Waals surface area contributed by atoms with Gasteiger partial charge in [-0.3, -0.25) is 9.59 Å². The number of aliphatic hydroxyl groups is 5. The quantitative estimate of drug-likeness (QED) is 0.0201. The molecule has 0 bridgehead atoms. The molecule has 0 saturated carbocycles. The fraction of sp³-hybridized carbons (Fsp3) is 0.792. The molecule has 1 fully saturated rings. The zero-order chi connectivity index (χ0) is 43.2. The van der Waals surface area contributed by atoms with Crippen molar-refractivity contribution in [3.05, 3.63) is 48.6 Å². The number of nitrogens with one attached hydrogen (secondary N) is 1. The van der Waals surface area contributed by atoms with Crippen LogP contribution in [-0.4, -0.2) is 100 Å². The molecule has 0 radical (unpaired) electrons. The molecule has 0 aliphatic carbocycles. The second-order valence-electron chi connectivity index (χ2n) is 16.1. The molecule has 1 amide bonds. The number of carbonyl (C=O) groups excluding carboxylic acids is 2.